The van der Waals surface area contributed by atoms with Gasteiger partial charge in [0.05, 0.1) is 20.3 Å². The van der Waals surface area contributed by atoms with Gasteiger partial charge in [0.1, 0.15) is 23.7 Å². The van der Waals surface area contributed by atoms with E-state index in [1.807, 2.05) is 6.08 Å². The van der Waals surface area contributed by atoms with Crippen molar-refractivity contribution in [3.63, 3.8) is 0 Å². The number of nitrogens with one attached hydrogen (secondary N) is 2. The van der Waals surface area contributed by atoms with Gasteiger partial charge in [0.2, 0.25) is 11.8 Å². The first-order valence-electron chi connectivity index (χ1n) is 13.3. The minimum absolute atomic E-state index is 0.0678. The van der Waals surface area contributed by atoms with Crippen molar-refractivity contribution in [1.29, 1.82) is 0 Å². The molecular weight excluding hydrogens is 490 g/mol. The van der Waals surface area contributed by atoms with Crippen LogP contribution in [0.1, 0.15) is 60.3 Å². The molecule has 0 radical (unpaired) electrons. The van der Waals surface area contributed by atoms with Crippen molar-refractivity contribution in [2.75, 3.05) is 26.9 Å². The number of piperidine rings is 1. The van der Waals surface area contributed by atoms with E-state index in [2.05, 4.69) is 37.6 Å². The molecule has 1 saturated carbocycles. The van der Waals surface area contributed by atoms with Gasteiger partial charge in [-0.1, -0.05) is 32.4 Å². The van der Waals surface area contributed by atoms with Crippen LogP contribution in [0.15, 0.2) is 25.3 Å². The summed E-state index contributed by atoms with van der Waals surface area (Å²) in [5, 5.41) is 5.44. The van der Waals surface area contributed by atoms with Gasteiger partial charge in [0.25, 0.3) is 0 Å². The number of esters is 1. The fourth-order valence-electron chi connectivity index (χ4n) is 5.19. The summed E-state index contributed by atoms with van der Waals surface area (Å²) in [7, 11) is 1.28. The first-order valence-corrected chi connectivity index (χ1v) is 13.3. The second kappa shape index (κ2) is 13.3. The predicted molar refractivity (Wildman–Crippen MR) is 143 cm³/mol. The zero-order chi connectivity index (χ0) is 28.7. The van der Waals surface area contributed by atoms with E-state index < -0.39 is 47.6 Å². The summed E-state index contributed by atoms with van der Waals surface area (Å²) < 4.78 is 15.8. The van der Waals surface area contributed by atoms with Crippen molar-refractivity contribution in [1.82, 2.24) is 15.5 Å². The van der Waals surface area contributed by atoms with E-state index in [0.717, 1.165) is 12.8 Å². The Kier molecular flexibility index (Phi) is 10.9. The monoisotopic (exact) mass is 535 g/mol. The number of hydrogen-bond donors (Lipinski definition) is 2. The molecule has 10 nitrogen and oxygen atoms in total. The Morgan fingerprint density at radius 1 is 1.08 bits per heavy atom. The topological polar surface area (TPSA) is 123 Å². The molecule has 0 aromatic carbocycles. The highest BCUT2D eigenvalue weighted by atomic mass is 16.6. The molecule has 2 rings (SSSR count). The summed E-state index contributed by atoms with van der Waals surface area (Å²) in [4.78, 5) is 53.8. The minimum atomic E-state index is -1.06. The van der Waals surface area contributed by atoms with Crippen LogP contribution in [0, 0.1) is 17.3 Å². The van der Waals surface area contributed by atoms with Crippen LogP contribution in [0.3, 0.4) is 0 Å². The molecule has 0 aromatic rings. The lowest BCUT2D eigenvalue weighted by Crippen LogP contribution is -2.58. The maximum Gasteiger partial charge on any atom is 0.408 e. The molecule has 0 bridgehead atoms. The molecule has 2 aliphatic rings. The molecule has 0 unspecified atom stereocenters. The summed E-state index contributed by atoms with van der Waals surface area (Å²) in [6.07, 6.45) is 5.37. The van der Waals surface area contributed by atoms with E-state index in [1.54, 1.807) is 26.8 Å². The van der Waals surface area contributed by atoms with Crippen molar-refractivity contribution in [3.05, 3.63) is 25.3 Å². The summed E-state index contributed by atoms with van der Waals surface area (Å²) in [5.74, 6) is -1.31. The molecule has 5 atom stereocenters. The summed E-state index contributed by atoms with van der Waals surface area (Å²) >= 11 is 0. The number of amides is 3. The molecule has 214 valence electrons. The average Bonchev–Trinajstić information content (AvgIpc) is 3.16. The van der Waals surface area contributed by atoms with Gasteiger partial charge in [-0.05, 0) is 57.3 Å². The number of rotatable bonds is 14. The van der Waals surface area contributed by atoms with E-state index in [-0.39, 0.29) is 30.5 Å². The SMILES string of the molecule is C=CCCCC[C@H](NC(=O)[C@@H]1[C@@H]2[C@H](CN1C(=O)[C@H](COCC=C)NC(=O)OC(C)(C)C)C2(C)C)C(=O)OC. The highest BCUT2D eigenvalue weighted by molar-refractivity contribution is 5.94. The Balaban J connectivity index is 2.22. The smallest absolute Gasteiger partial charge is 0.408 e. The highest BCUT2D eigenvalue weighted by Gasteiger charge is 2.69. The fourth-order valence-corrected chi connectivity index (χ4v) is 5.19. The number of hydrogen-bond acceptors (Lipinski definition) is 7. The van der Waals surface area contributed by atoms with Crippen molar-refractivity contribution < 1.29 is 33.4 Å². The number of allylic oxidation sites excluding steroid dienone is 1. The normalized spacial score (nSPS) is 22.9. The molecule has 38 heavy (non-hydrogen) atoms. The van der Waals surface area contributed by atoms with E-state index in [9.17, 15) is 19.2 Å². The second-order valence-electron chi connectivity index (χ2n) is 11.6. The number of methoxy groups -OCH3 is 1. The van der Waals surface area contributed by atoms with Crippen LogP contribution in [0.2, 0.25) is 0 Å². The van der Waals surface area contributed by atoms with E-state index >= 15 is 0 Å². The second-order valence-corrected chi connectivity index (χ2v) is 11.6. The van der Waals surface area contributed by atoms with Gasteiger partial charge in [-0.2, -0.15) is 0 Å². The van der Waals surface area contributed by atoms with Gasteiger partial charge < -0.3 is 29.7 Å². The molecule has 1 heterocycles. The third kappa shape index (κ3) is 8.06. The predicted octanol–water partition coefficient (Wildman–Crippen LogP) is 2.97. The molecule has 10 heteroatoms. The Morgan fingerprint density at radius 2 is 1.76 bits per heavy atom. The van der Waals surface area contributed by atoms with Crippen LogP contribution >= 0.6 is 0 Å². The van der Waals surface area contributed by atoms with Crippen LogP contribution in [0.4, 0.5) is 4.79 Å². The van der Waals surface area contributed by atoms with E-state index in [1.165, 1.54) is 12.0 Å². The number of ether oxygens (including phenoxy) is 3. The quantitative estimate of drug-likeness (QED) is 0.199. The minimum Gasteiger partial charge on any atom is -0.467 e. The van der Waals surface area contributed by atoms with Crippen LogP contribution in [-0.4, -0.2) is 79.4 Å². The lowest BCUT2D eigenvalue weighted by atomic mass is 9.99. The molecule has 2 fully saturated rings. The van der Waals surface area contributed by atoms with Gasteiger partial charge in [-0.15, -0.1) is 13.2 Å². The van der Waals surface area contributed by atoms with Crippen LogP contribution < -0.4 is 10.6 Å². The van der Waals surface area contributed by atoms with Crippen molar-refractivity contribution in [2.24, 2.45) is 17.3 Å². The van der Waals surface area contributed by atoms with Crippen molar-refractivity contribution in [3.8, 4) is 0 Å². The maximum absolute atomic E-state index is 13.7. The highest BCUT2D eigenvalue weighted by Crippen LogP contribution is 2.64. The summed E-state index contributed by atoms with van der Waals surface area (Å²) in [6.45, 7) is 17.1. The zero-order valence-corrected chi connectivity index (χ0v) is 23.7. The van der Waals surface area contributed by atoms with Gasteiger partial charge in [0, 0.05) is 6.54 Å². The van der Waals surface area contributed by atoms with Gasteiger partial charge in [-0.25, -0.2) is 9.59 Å². The number of fused-ring (bicyclic) bond motifs is 1. The molecule has 2 N–H and O–H groups in total. The molecule has 1 aliphatic carbocycles. The average molecular weight is 536 g/mol. The first kappa shape index (κ1) is 31.3. The number of alkyl carbamates (subject to hydrolysis) is 1. The molecule has 0 aromatic heterocycles. The molecule has 1 aliphatic heterocycles. The van der Waals surface area contributed by atoms with Crippen LogP contribution in [-0.2, 0) is 28.6 Å². The summed E-state index contributed by atoms with van der Waals surface area (Å²) in [6, 6.07) is -2.66. The van der Waals surface area contributed by atoms with E-state index in [0.29, 0.717) is 19.4 Å². The fraction of sp³-hybridized carbons (Fsp3) is 0.714. The largest absolute Gasteiger partial charge is 0.467 e. The third-order valence-corrected chi connectivity index (χ3v) is 7.22. The van der Waals surface area contributed by atoms with E-state index in [4.69, 9.17) is 14.2 Å². The maximum atomic E-state index is 13.7. The number of carbonyl (C=O) groups excluding carboxylic acids is 4. The Hall–Kier alpha value is -2.88. The van der Waals surface area contributed by atoms with Gasteiger partial charge in [-0.3, -0.25) is 9.59 Å². The lowest BCUT2D eigenvalue weighted by molar-refractivity contribution is -0.147. The first-order chi connectivity index (χ1) is 17.8. The Morgan fingerprint density at radius 3 is 2.34 bits per heavy atom. The summed E-state index contributed by atoms with van der Waals surface area (Å²) in [5.41, 5.74) is -0.882. The van der Waals surface area contributed by atoms with Crippen molar-refractivity contribution in [2.45, 2.75) is 84.0 Å². The third-order valence-electron chi connectivity index (χ3n) is 7.22. The van der Waals surface area contributed by atoms with Gasteiger partial charge >= 0.3 is 12.1 Å². The zero-order valence-electron chi connectivity index (χ0n) is 23.7. The van der Waals surface area contributed by atoms with Gasteiger partial charge in [0.15, 0.2) is 0 Å². The van der Waals surface area contributed by atoms with Crippen LogP contribution in [0.5, 0.6) is 0 Å². The number of likely N-dealkylation sites (tertiary alicyclic amines) is 1. The molecular formula is C28H45N3O7. The molecule has 0 spiro atoms. The van der Waals surface area contributed by atoms with Crippen LogP contribution in [0.25, 0.3) is 0 Å². The lowest BCUT2D eigenvalue weighted by Gasteiger charge is -2.33. The number of unbranched alkanes of at least 4 members (excludes halogenated alkanes) is 2. The van der Waals surface area contributed by atoms with Crippen molar-refractivity contribution >= 4 is 23.9 Å². The molecule has 3 amide bonds. The Labute approximate surface area is 226 Å². The number of carbonyl (C=O) groups is 4. The standard InChI is InChI=1S/C28H45N3O7/c1-9-11-12-13-14-19(25(34)36-8)29-23(32)22-21-18(28(21,6)7)16-31(22)24(33)20(17-37-15-10-2)30-26(35)38-27(3,4)5/h9-10,18-22H,1-2,11-17H2,3-8H3,(H,29,32)(H,30,35)/t18-,19-,20-,21-,22-/m0/s1. The Bertz CT molecular complexity index is 895. The number of nitrogens with zero attached hydrogens (tertiary/aromatic N) is 1. The molecule has 1 saturated heterocycles.